The number of carbonyl (C=O) groups excluding carboxylic acids is 1. The Labute approximate surface area is 167 Å². The second-order valence-corrected chi connectivity index (χ2v) is 6.85. The molecule has 1 N–H and O–H groups in total. The number of aromatic nitrogens is 4. The molecule has 0 spiro atoms. The van der Waals surface area contributed by atoms with E-state index < -0.39 is 0 Å². The highest BCUT2D eigenvalue weighted by atomic mass is 35.5. The highest BCUT2D eigenvalue weighted by molar-refractivity contribution is 6.30. The SMILES string of the molecule is Cc1cc(NC(=O)c2ccc(Cn3cccn3)cc2)n(-c2cccc(Cl)c2)n1. The van der Waals surface area contributed by atoms with Crippen LogP contribution in [0.25, 0.3) is 5.69 Å². The largest absolute Gasteiger partial charge is 0.306 e. The third-order valence-electron chi connectivity index (χ3n) is 4.25. The Kier molecular flexibility index (Phi) is 4.95. The molecule has 4 rings (SSSR count). The monoisotopic (exact) mass is 391 g/mol. The van der Waals surface area contributed by atoms with Gasteiger partial charge in [-0.15, -0.1) is 0 Å². The molecule has 0 atom stereocenters. The van der Waals surface area contributed by atoms with Crippen LogP contribution in [0.1, 0.15) is 21.6 Å². The van der Waals surface area contributed by atoms with Gasteiger partial charge in [-0.3, -0.25) is 9.48 Å². The molecule has 0 aliphatic heterocycles. The van der Waals surface area contributed by atoms with E-state index in [1.165, 1.54) is 0 Å². The number of nitrogens with zero attached hydrogens (tertiary/aromatic N) is 4. The maximum absolute atomic E-state index is 12.7. The Bertz CT molecular complexity index is 1100. The van der Waals surface area contributed by atoms with E-state index in [1.54, 1.807) is 35.1 Å². The van der Waals surface area contributed by atoms with E-state index in [2.05, 4.69) is 15.5 Å². The molecule has 0 fully saturated rings. The number of hydrogen-bond acceptors (Lipinski definition) is 3. The molecule has 0 aliphatic carbocycles. The molecule has 28 heavy (non-hydrogen) atoms. The summed E-state index contributed by atoms with van der Waals surface area (Å²) in [6.07, 6.45) is 3.65. The van der Waals surface area contributed by atoms with Gasteiger partial charge in [0.1, 0.15) is 5.82 Å². The summed E-state index contributed by atoms with van der Waals surface area (Å²) in [5.41, 5.74) is 3.22. The fourth-order valence-corrected chi connectivity index (χ4v) is 3.11. The first-order chi connectivity index (χ1) is 13.6. The lowest BCUT2D eigenvalue weighted by atomic mass is 10.1. The van der Waals surface area contributed by atoms with Crippen LogP contribution in [0.2, 0.25) is 5.02 Å². The van der Waals surface area contributed by atoms with E-state index in [4.69, 9.17) is 11.6 Å². The predicted octanol–water partition coefficient (Wildman–Crippen LogP) is 4.33. The molecule has 2 aromatic carbocycles. The predicted molar refractivity (Wildman–Crippen MR) is 109 cm³/mol. The summed E-state index contributed by atoms with van der Waals surface area (Å²) >= 11 is 6.09. The highest BCUT2D eigenvalue weighted by Gasteiger charge is 2.13. The molecule has 4 aromatic rings. The van der Waals surface area contributed by atoms with Crippen molar-refractivity contribution < 1.29 is 4.79 Å². The van der Waals surface area contributed by atoms with Crippen LogP contribution in [0.3, 0.4) is 0 Å². The van der Waals surface area contributed by atoms with E-state index in [9.17, 15) is 4.79 Å². The number of anilines is 1. The molecule has 0 unspecified atom stereocenters. The quantitative estimate of drug-likeness (QED) is 0.550. The molecule has 0 aliphatic rings. The molecular formula is C21H18ClN5O. The number of halogens is 1. The molecular weight excluding hydrogens is 374 g/mol. The van der Waals surface area contributed by atoms with Crippen LogP contribution in [-0.4, -0.2) is 25.5 Å². The molecule has 0 radical (unpaired) electrons. The smallest absolute Gasteiger partial charge is 0.256 e. The first-order valence-corrected chi connectivity index (χ1v) is 9.16. The molecule has 140 valence electrons. The van der Waals surface area contributed by atoms with Gasteiger partial charge in [0.15, 0.2) is 0 Å². The van der Waals surface area contributed by atoms with Crippen molar-refractivity contribution in [2.75, 3.05) is 5.32 Å². The van der Waals surface area contributed by atoms with Crippen molar-refractivity contribution in [2.45, 2.75) is 13.5 Å². The average molecular weight is 392 g/mol. The number of rotatable bonds is 5. The van der Waals surface area contributed by atoms with Crippen molar-refractivity contribution in [1.82, 2.24) is 19.6 Å². The maximum atomic E-state index is 12.7. The lowest BCUT2D eigenvalue weighted by molar-refractivity contribution is 0.102. The second-order valence-electron chi connectivity index (χ2n) is 6.42. The molecule has 2 aromatic heterocycles. The third-order valence-corrected chi connectivity index (χ3v) is 4.48. The molecule has 0 saturated heterocycles. The summed E-state index contributed by atoms with van der Waals surface area (Å²) in [4.78, 5) is 12.7. The van der Waals surface area contributed by atoms with Crippen molar-refractivity contribution in [1.29, 1.82) is 0 Å². The van der Waals surface area contributed by atoms with Gasteiger partial charge in [0, 0.05) is 29.0 Å². The lowest BCUT2D eigenvalue weighted by Crippen LogP contribution is -2.15. The average Bonchev–Trinajstić information content (AvgIpc) is 3.32. The topological polar surface area (TPSA) is 64.7 Å². The van der Waals surface area contributed by atoms with Crippen molar-refractivity contribution in [2.24, 2.45) is 0 Å². The number of carbonyl (C=O) groups is 1. The minimum atomic E-state index is -0.200. The van der Waals surface area contributed by atoms with Crippen LogP contribution in [-0.2, 0) is 6.54 Å². The molecule has 1 amide bonds. The van der Waals surface area contributed by atoms with E-state index in [0.717, 1.165) is 16.9 Å². The summed E-state index contributed by atoms with van der Waals surface area (Å²) in [6.45, 7) is 2.54. The third kappa shape index (κ3) is 3.97. The van der Waals surface area contributed by atoms with E-state index in [1.807, 2.05) is 54.2 Å². The molecule has 7 heteroatoms. The Morgan fingerprint density at radius 3 is 2.64 bits per heavy atom. The van der Waals surface area contributed by atoms with Crippen LogP contribution in [0.5, 0.6) is 0 Å². The number of hydrogen-bond donors (Lipinski definition) is 1. The summed E-state index contributed by atoms with van der Waals surface area (Å²) < 4.78 is 3.51. The minimum Gasteiger partial charge on any atom is -0.306 e. The van der Waals surface area contributed by atoms with Gasteiger partial charge < -0.3 is 5.32 Å². The van der Waals surface area contributed by atoms with Crippen LogP contribution in [0.4, 0.5) is 5.82 Å². The Morgan fingerprint density at radius 2 is 1.93 bits per heavy atom. The number of benzene rings is 2. The summed E-state index contributed by atoms with van der Waals surface area (Å²) in [5.74, 6) is 0.388. The first-order valence-electron chi connectivity index (χ1n) is 8.79. The van der Waals surface area contributed by atoms with E-state index >= 15 is 0 Å². The van der Waals surface area contributed by atoms with Gasteiger partial charge >= 0.3 is 0 Å². The van der Waals surface area contributed by atoms with E-state index in [0.29, 0.717) is 22.9 Å². The summed E-state index contributed by atoms with van der Waals surface area (Å²) in [7, 11) is 0. The van der Waals surface area contributed by atoms with Crippen molar-refractivity contribution in [3.05, 3.63) is 94.9 Å². The van der Waals surface area contributed by atoms with Crippen LogP contribution in [0, 0.1) is 6.92 Å². The fourth-order valence-electron chi connectivity index (χ4n) is 2.92. The molecule has 0 bridgehead atoms. The summed E-state index contributed by atoms with van der Waals surface area (Å²) in [5, 5.41) is 12.2. The molecule has 0 saturated carbocycles. The summed E-state index contributed by atoms with van der Waals surface area (Å²) in [6, 6.07) is 18.5. The minimum absolute atomic E-state index is 0.200. The van der Waals surface area contributed by atoms with Crippen LogP contribution >= 0.6 is 11.6 Å². The van der Waals surface area contributed by atoms with Gasteiger partial charge in [0.25, 0.3) is 5.91 Å². The van der Waals surface area contributed by atoms with Gasteiger partial charge in [-0.25, -0.2) is 4.68 Å². The Balaban J connectivity index is 1.52. The standard InChI is InChI=1S/C21H18ClN5O/c1-15-12-20(27(25-15)19-5-2-4-18(22)13-19)24-21(28)17-8-6-16(7-9-17)14-26-11-3-10-23-26/h2-13H,14H2,1H3,(H,24,28). The zero-order chi connectivity index (χ0) is 19.5. The molecule has 2 heterocycles. The van der Waals surface area contributed by atoms with Crippen molar-refractivity contribution >= 4 is 23.3 Å². The first kappa shape index (κ1) is 18.0. The van der Waals surface area contributed by atoms with Gasteiger partial charge in [-0.05, 0) is 48.9 Å². The molecule has 6 nitrogen and oxygen atoms in total. The lowest BCUT2D eigenvalue weighted by Gasteiger charge is -2.10. The normalized spacial score (nSPS) is 10.8. The fraction of sp³-hybridized carbons (Fsp3) is 0.0952. The zero-order valence-corrected chi connectivity index (χ0v) is 16.0. The highest BCUT2D eigenvalue weighted by Crippen LogP contribution is 2.21. The Morgan fingerprint density at radius 1 is 1.11 bits per heavy atom. The van der Waals surface area contributed by atoms with Crippen molar-refractivity contribution in [3.8, 4) is 5.69 Å². The van der Waals surface area contributed by atoms with Crippen LogP contribution in [0.15, 0.2) is 73.1 Å². The second kappa shape index (κ2) is 7.70. The maximum Gasteiger partial charge on any atom is 0.256 e. The number of amides is 1. The number of aryl methyl sites for hydroxylation is 1. The van der Waals surface area contributed by atoms with Crippen molar-refractivity contribution in [3.63, 3.8) is 0 Å². The van der Waals surface area contributed by atoms with Gasteiger partial charge in [0.2, 0.25) is 0 Å². The number of nitrogens with one attached hydrogen (secondary N) is 1. The van der Waals surface area contributed by atoms with E-state index in [-0.39, 0.29) is 5.91 Å². The van der Waals surface area contributed by atoms with Gasteiger partial charge in [0.05, 0.1) is 17.9 Å². The van der Waals surface area contributed by atoms with Gasteiger partial charge in [-0.2, -0.15) is 10.2 Å². The van der Waals surface area contributed by atoms with Crippen LogP contribution < -0.4 is 5.32 Å². The zero-order valence-electron chi connectivity index (χ0n) is 15.2. The Hall–Kier alpha value is -3.38. The van der Waals surface area contributed by atoms with Gasteiger partial charge in [-0.1, -0.05) is 29.8 Å².